The van der Waals surface area contributed by atoms with Crippen molar-refractivity contribution in [3.63, 3.8) is 0 Å². The smallest absolute Gasteiger partial charge is 0.448 e. The molecule has 0 heterocycles. The summed E-state index contributed by atoms with van der Waals surface area (Å²) in [6.45, 7) is 1.05. The van der Waals surface area contributed by atoms with E-state index in [0.717, 1.165) is 0 Å². The fourth-order valence-corrected chi connectivity index (χ4v) is 1.06. The van der Waals surface area contributed by atoms with E-state index in [1.807, 2.05) is 19.6 Å². The van der Waals surface area contributed by atoms with Crippen LogP contribution < -0.4 is 51.4 Å². The Morgan fingerprint density at radius 2 is 1.58 bits per heavy atom. The molecule has 0 N–H and O–H groups in total. The Bertz CT molecular complexity index is 186. The summed E-state index contributed by atoms with van der Waals surface area (Å²) in [4.78, 5) is 0. The molecule has 0 amide bonds. The van der Waals surface area contributed by atoms with E-state index in [9.17, 15) is 12.9 Å². The van der Waals surface area contributed by atoms with Crippen LogP contribution in [0.2, 0.25) is 26.0 Å². The first-order valence-electron chi connectivity index (χ1n) is 3.42. The molecule has 0 bridgehead atoms. The maximum Gasteiger partial charge on any atom is 1.00 e. The topological polar surface area (TPSA) is 0 Å². The Hall–Kier alpha value is 1.27. The Kier molecular flexibility index (Phi) is 7.71. The molecule has 0 aliphatic heterocycles. The molecule has 0 aromatic rings. The summed E-state index contributed by atoms with van der Waals surface area (Å²) >= 11 is 0. The number of rotatable bonds is 1. The summed E-state index contributed by atoms with van der Waals surface area (Å²) in [5.41, 5.74) is 2.66. The third-order valence-corrected chi connectivity index (χ3v) is 1.72. The van der Waals surface area contributed by atoms with Crippen molar-refractivity contribution in [1.82, 2.24) is 0 Å². The van der Waals surface area contributed by atoms with Crippen LogP contribution in [0.5, 0.6) is 0 Å². The Morgan fingerprint density at radius 3 is 1.83 bits per heavy atom. The molecule has 0 nitrogen and oxygen atoms in total. The minimum Gasteiger partial charge on any atom is -0.448 e. The third kappa shape index (κ3) is 13.8. The summed E-state index contributed by atoms with van der Waals surface area (Å²) in [5, 5.41) is 0. The van der Waals surface area contributed by atoms with Crippen molar-refractivity contribution >= 4 is 15.1 Å². The fraction of sp³-hybridized carbons (Fsp3) is 0.667. The molecular formula is C6H11BF3KSi. The second-order valence-electron chi connectivity index (χ2n) is 3.47. The van der Waals surface area contributed by atoms with Crippen molar-refractivity contribution in [2.24, 2.45) is 0 Å². The van der Waals surface area contributed by atoms with E-state index in [4.69, 9.17) is 0 Å². The van der Waals surface area contributed by atoms with Gasteiger partial charge >= 0.3 is 58.4 Å². The molecule has 0 saturated carbocycles. The molecule has 0 aliphatic rings. The maximum absolute atomic E-state index is 11.6. The predicted molar refractivity (Wildman–Crippen MR) is 45.0 cm³/mol. The van der Waals surface area contributed by atoms with Crippen molar-refractivity contribution in [2.45, 2.75) is 26.0 Å². The standard InChI is InChI=1S/C6H11BF3Si.K/c1-11(2,3)6-4-5-7(8,9)10;/h5H2,1-3H3;/q-1;+1. The van der Waals surface area contributed by atoms with Gasteiger partial charge in [-0.15, -0.1) is 11.5 Å². The van der Waals surface area contributed by atoms with Gasteiger partial charge in [0.15, 0.2) is 0 Å². The van der Waals surface area contributed by atoms with E-state index in [1.54, 1.807) is 0 Å². The number of halogens is 3. The first-order chi connectivity index (χ1) is 4.71. The molecule has 0 saturated heterocycles. The van der Waals surface area contributed by atoms with Gasteiger partial charge in [0.2, 0.25) is 0 Å². The van der Waals surface area contributed by atoms with Crippen LogP contribution >= 0.6 is 0 Å². The minimum absolute atomic E-state index is 0. The average Bonchev–Trinajstić information content (AvgIpc) is 1.55. The van der Waals surface area contributed by atoms with E-state index in [2.05, 4.69) is 11.5 Å². The van der Waals surface area contributed by atoms with Gasteiger partial charge in [-0.3, -0.25) is 0 Å². The van der Waals surface area contributed by atoms with Gasteiger partial charge in [0.25, 0.3) is 0 Å². The van der Waals surface area contributed by atoms with Crippen molar-refractivity contribution < 1.29 is 64.3 Å². The van der Waals surface area contributed by atoms with E-state index in [-0.39, 0.29) is 51.4 Å². The van der Waals surface area contributed by atoms with Gasteiger partial charge in [-0.1, -0.05) is 19.6 Å². The zero-order valence-electron chi connectivity index (χ0n) is 7.92. The van der Waals surface area contributed by atoms with Crippen LogP contribution in [0.15, 0.2) is 0 Å². The minimum atomic E-state index is -4.71. The van der Waals surface area contributed by atoms with Crippen LogP contribution in [0, 0.1) is 11.5 Å². The van der Waals surface area contributed by atoms with Crippen molar-refractivity contribution in [3.8, 4) is 11.5 Å². The molecule has 0 radical (unpaired) electrons. The Balaban J connectivity index is 0. The van der Waals surface area contributed by atoms with E-state index >= 15 is 0 Å². The van der Waals surface area contributed by atoms with E-state index < -0.39 is 21.4 Å². The van der Waals surface area contributed by atoms with Crippen molar-refractivity contribution in [2.75, 3.05) is 0 Å². The van der Waals surface area contributed by atoms with Crippen LogP contribution in [-0.2, 0) is 0 Å². The third-order valence-electron chi connectivity index (χ3n) is 0.797. The molecule has 0 fully saturated rings. The van der Waals surface area contributed by atoms with Gasteiger partial charge < -0.3 is 12.9 Å². The monoisotopic (exact) mass is 218 g/mol. The fourth-order valence-electron chi connectivity index (χ4n) is 0.432. The molecule has 0 aromatic carbocycles. The molecule has 0 aromatic heterocycles. The summed E-state index contributed by atoms with van der Waals surface area (Å²) in [6.07, 6.45) is -0.912. The Morgan fingerprint density at radius 1 is 1.17 bits per heavy atom. The van der Waals surface area contributed by atoms with E-state index in [1.165, 1.54) is 0 Å². The predicted octanol–water partition coefficient (Wildman–Crippen LogP) is -0.281. The molecule has 0 aliphatic carbocycles. The van der Waals surface area contributed by atoms with E-state index in [0.29, 0.717) is 0 Å². The van der Waals surface area contributed by atoms with Crippen LogP contribution in [0.3, 0.4) is 0 Å². The second-order valence-corrected chi connectivity index (χ2v) is 8.22. The van der Waals surface area contributed by atoms with Crippen molar-refractivity contribution in [1.29, 1.82) is 0 Å². The maximum atomic E-state index is 11.6. The number of hydrogen-bond acceptors (Lipinski definition) is 0. The largest absolute Gasteiger partial charge is 1.00 e. The van der Waals surface area contributed by atoms with Crippen LogP contribution in [0.25, 0.3) is 0 Å². The quantitative estimate of drug-likeness (QED) is 0.419. The molecule has 0 spiro atoms. The molecule has 0 rings (SSSR count). The van der Waals surface area contributed by atoms with Crippen LogP contribution in [0.1, 0.15) is 0 Å². The number of hydrogen-bond donors (Lipinski definition) is 0. The summed E-state index contributed by atoms with van der Waals surface area (Å²) in [5.74, 6) is 2.18. The molecule has 6 heteroatoms. The van der Waals surface area contributed by atoms with Gasteiger partial charge in [0.05, 0.1) is 0 Å². The van der Waals surface area contributed by atoms with Gasteiger partial charge in [-0.25, -0.2) is 0 Å². The molecule has 0 atom stereocenters. The van der Waals surface area contributed by atoms with Crippen LogP contribution in [0.4, 0.5) is 12.9 Å². The first kappa shape index (κ1) is 15.7. The normalized spacial score (nSPS) is 11.2. The van der Waals surface area contributed by atoms with Gasteiger partial charge in [-0.05, 0) is 6.32 Å². The SMILES string of the molecule is C[Si](C)(C)C#CC[B-](F)(F)F.[K+]. The molecule has 64 valence electrons. The Labute approximate surface area is 115 Å². The first-order valence-corrected chi connectivity index (χ1v) is 6.92. The molecule has 12 heavy (non-hydrogen) atoms. The summed E-state index contributed by atoms with van der Waals surface area (Å²) in [7, 11) is -1.61. The summed E-state index contributed by atoms with van der Waals surface area (Å²) in [6, 6.07) is 0. The molecule has 0 unspecified atom stereocenters. The van der Waals surface area contributed by atoms with Crippen LogP contribution in [-0.4, -0.2) is 15.1 Å². The zero-order valence-corrected chi connectivity index (χ0v) is 12.0. The average molecular weight is 218 g/mol. The van der Waals surface area contributed by atoms with Gasteiger partial charge in [-0.2, -0.15) is 0 Å². The van der Waals surface area contributed by atoms with Crippen molar-refractivity contribution in [3.05, 3.63) is 0 Å². The second kappa shape index (κ2) is 5.89. The molecular weight excluding hydrogens is 207 g/mol. The summed E-state index contributed by atoms with van der Waals surface area (Å²) < 4.78 is 34.8. The van der Waals surface area contributed by atoms with Gasteiger partial charge in [0.1, 0.15) is 8.07 Å². The van der Waals surface area contributed by atoms with Gasteiger partial charge in [0, 0.05) is 0 Å². The zero-order chi connectivity index (χ0) is 9.12.